The number of rotatable bonds is 3. The molecular weight excluding hydrogens is 749 g/mol. The third-order valence-electron chi connectivity index (χ3n) is 13.3. The minimum Gasteiger partial charge on any atom is -0.278 e. The lowest BCUT2D eigenvalue weighted by atomic mass is 9.70. The summed E-state index contributed by atoms with van der Waals surface area (Å²) in [6.45, 7) is 4.69. The van der Waals surface area contributed by atoms with Crippen LogP contribution in [0.15, 0.2) is 182 Å². The number of aromatic nitrogens is 3. The molecule has 3 heterocycles. The summed E-state index contributed by atoms with van der Waals surface area (Å²) in [5.74, 6) is 1.88. The molecule has 0 bridgehead atoms. The average Bonchev–Trinajstić information content (AvgIpc) is 3.94. The summed E-state index contributed by atoms with van der Waals surface area (Å²) < 4.78 is 2.51. The fourth-order valence-corrected chi connectivity index (χ4v) is 11.9. The van der Waals surface area contributed by atoms with Crippen molar-refractivity contribution in [2.24, 2.45) is 0 Å². The predicted molar refractivity (Wildman–Crippen MR) is 247 cm³/mol. The molecule has 10 aromatic rings. The highest BCUT2D eigenvalue weighted by Crippen LogP contribution is 2.64. The zero-order chi connectivity index (χ0) is 39.7. The van der Waals surface area contributed by atoms with Gasteiger partial charge in [0.05, 0.1) is 16.8 Å². The van der Waals surface area contributed by atoms with Crippen molar-refractivity contribution in [1.29, 1.82) is 0 Å². The quantitative estimate of drug-likeness (QED) is 0.179. The van der Waals surface area contributed by atoms with Crippen molar-refractivity contribution in [3.8, 4) is 45.0 Å². The standard InChI is InChI=1S/C55H36N4S/c1-54(2)42-27-13-14-29-45(42)59(50-44(54)31-32-47-49(50)37-22-9-15-30-46(37)60-47)53-57-51(33-17-4-3-5-18-33)56-52(58-53)38-23-16-28-43-48(38)36-21-8-12-26-41(36)55(43)39-24-10-6-19-34(39)35-20-7-11-25-40(35)55/h3-32H,1-2H3. The van der Waals surface area contributed by atoms with Gasteiger partial charge in [-0.1, -0.05) is 178 Å². The topological polar surface area (TPSA) is 41.9 Å². The van der Waals surface area contributed by atoms with Crippen molar-refractivity contribution in [3.63, 3.8) is 0 Å². The molecule has 3 aliphatic rings. The van der Waals surface area contributed by atoms with Gasteiger partial charge in [0.15, 0.2) is 11.6 Å². The van der Waals surface area contributed by atoms with Crippen LogP contribution in [-0.4, -0.2) is 15.0 Å². The molecule has 1 aliphatic heterocycles. The second kappa shape index (κ2) is 12.2. The van der Waals surface area contributed by atoms with Crippen LogP contribution >= 0.6 is 11.3 Å². The Morgan fingerprint density at radius 3 is 1.78 bits per heavy atom. The van der Waals surface area contributed by atoms with Crippen LogP contribution in [0.5, 0.6) is 0 Å². The van der Waals surface area contributed by atoms with E-state index in [4.69, 9.17) is 15.0 Å². The van der Waals surface area contributed by atoms with E-state index < -0.39 is 5.41 Å². The van der Waals surface area contributed by atoms with Crippen LogP contribution in [0.3, 0.4) is 0 Å². The molecule has 4 nitrogen and oxygen atoms in total. The maximum atomic E-state index is 5.63. The fraction of sp³-hybridized carbons (Fsp3) is 0.0727. The maximum Gasteiger partial charge on any atom is 0.238 e. The average molecular weight is 785 g/mol. The maximum absolute atomic E-state index is 5.63. The molecule has 0 atom stereocenters. The first-order chi connectivity index (χ1) is 29.5. The first-order valence-corrected chi connectivity index (χ1v) is 21.4. The number of hydrogen-bond acceptors (Lipinski definition) is 5. The van der Waals surface area contributed by atoms with Crippen LogP contribution in [0.25, 0.3) is 65.2 Å². The molecule has 0 fully saturated rings. The second-order valence-electron chi connectivity index (χ2n) is 16.7. The number of nitrogens with zero attached hydrogens (tertiary/aromatic N) is 4. The molecule has 1 spiro atoms. The Labute approximate surface area is 352 Å². The summed E-state index contributed by atoms with van der Waals surface area (Å²) in [5, 5.41) is 2.47. The lowest BCUT2D eigenvalue weighted by Gasteiger charge is -2.41. The highest BCUT2D eigenvalue weighted by atomic mass is 32.1. The van der Waals surface area contributed by atoms with Crippen molar-refractivity contribution < 1.29 is 0 Å². The van der Waals surface area contributed by atoms with E-state index in [2.05, 4.69) is 195 Å². The molecule has 0 radical (unpaired) electrons. The second-order valence-corrected chi connectivity index (χ2v) is 17.8. The van der Waals surface area contributed by atoms with Crippen LogP contribution in [-0.2, 0) is 10.8 Å². The first-order valence-electron chi connectivity index (χ1n) is 20.6. The lowest BCUT2D eigenvalue weighted by Crippen LogP contribution is -2.31. The summed E-state index contributed by atoms with van der Waals surface area (Å²) in [7, 11) is 0. The Hall–Kier alpha value is -7.21. The van der Waals surface area contributed by atoms with E-state index in [1.165, 1.54) is 75.8 Å². The smallest absolute Gasteiger partial charge is 0.238 e. The van der Waals surface area contributed by atoms with Gasteiger partial charge in [0, 0.05) is 36.7 Å². The van der Waals surface area contributed by atoms with Crippen LogP contribution < -0.4 is 4.90 Å². The summed E-state index contributed by atoms with van der Waals surface area (Å²) in [6.07, 6.45) is 0. The van der Waals surface area contributed by atoms with Crippen molar-refractivity contribution in [3.05, 3.63) is 215 Å². The Bertz CT molecular complexity index is 3390. The van der Waals surface area contributed by atoms with E-state index in [0.29, 0.717) is 17.6 Å². The van der Waals surface area contributed by atoms with Gasteiger partial charge in [0.25, 0.3) is 0 Å². The van der Waals surface area contributed by atoms with Gasteiger partial charge in [-0.15, -0.1) is 11.3 Å². The van der Waals surface area contributed by atoms with Gasteiger partial charge in [-0.2, -0.15) is 9.97 Å². The van der Waals surface area contributed by atoms with Crippen LogP contribution in [0.1, 0.15) is 47.2 Å². The molecule has 0 saturated heterocycles. The predicted octanol–water partition coefficient (Wildman–Crippen LogP) is 14.0. The van der Waals surface area contributed by atoms with Gasteiger partial charge >= 0.3 is 0 Å². The molecular formula is C55H36N4S. The Balaban J connectivity index is 1.13. The number of thiophene rings is 1. The number of para-hydroxylation sites is 1. The zero-order valence-corrected chi connectivity index (χ0v) is 33.8. The van der Waals surface area contributed by atoms with Crippen molar-refractivity contribution in [2.45, 2.75) is 24.7 Å². The molecule has 2 aromatic heterocycles. The van der Waals surface area contributed by atoms with E-state index in [-0.39, 0.29) is 5.41 Å². The summed E-state index contributed by atoms with van der Waals surface area (Å²) in [6, 6.07) is 66.1. The molecule has 0 unspecified atom stereocenters. The minimum atomic E-state index is -0.477. The molecule has 2 aliphatic carbocycles. The zero-order valence-electron chi connectivity index (χ0n) is 33.0. The van der Waals surface area contributed by atoms with Gasteiger partial charge < -0.3 is 0 Å². The molecule has 8 aromatic carbocycles. The van der Waals surface area contributed by atoms with E-state index in [1.54, 1.807) is 0 Å². The SMILES string of the molecule is CC1(C)c2ccccc2N(c2nc(-c3ccccc3)nc(-c3cccc4c3-c3ccccc3C43c4ccccc4-c4ccccc43)n2)c2c1ccc1sc3ccccc3c21. The first kappa shape index (κ1) is 33.7. The Morgan fingerprint density at radius 1 is 0.433 bits per heavy atom. The highest BCUT2D eigenvalue weighted by molar-refractivity contribution is 7.26. The highest BCUT2D eigenvalue weighted by Gasteiger charge is 2.52. The van der Waals surface area contributed by atoms with Gasteiger partial charge in [-0.25, -0.2) is 4.98 Å². The summed E-state index contributed by atoms with van der Waals surface area (Å²) in [5.41, 5.74) is 16.0. The van der Waals surface area contributed by atoms with Gasteiger partial charge in [0.2, 0.25) is 5.95 Å². The normalized spacial score (nSPS) is 14.7. The Kier molecular flexibility index (Phi) is 6.84. The third-order valence-corrected chi connectivity index (χ3v) is 14.5. The molecule has 60 heavy (non-hydrogen) atoms. The van der Waals surface area contributed by atoms with Gasteiger partial charge in [-0.05, 0) is 73.8 Å². The molecule has 0 N–H and O–H groups in total. The number of benzene rings is 8. The molecule has 5 heteroatoms. The van der Waals surface area contributed by atoms with Gasteiger partial charge in [0.1, 0.15) is 0 Å². The minimum absolute atomic E-state index is 0.274. The van der Waals surface area contributed by atoms with Crippen molar-refractivity contribution in [2.75, 3.05) is 4.90 Å². The van der Waals surface area contributed by atoms with Crippen molar-refractivity contribution in [1.82, 2.24) is 15.0 Å². The van der Waals surface area contributed by atoms with Crippen LogP contribution in [0.2, 0.25) is 0 Å². The van der Waals surface area contributed by atoms with E-state index >= 15 is 0 Å². The van der Waals surface area contributed by atoms with Crippen LogP contribution in [0.4, 0.5) is 17.3 Å². The molecule has 13 rings (SSSR count). The molecule has 282 valence electrons. The summed E-state index contributed by atoms with van der Waals surface area (Å²) in [4.78, 5) is 18.8. The Morgan fingerprint density at radius 2 is 1.02 bits per heavy atom. The number of fused-ring (bicyclic) bond motifs is 16. The molecule has 0 saturated carbocycles. The van der Waals surface area contributed by atoms with Gasteiger partial charge in [-0.3, -0.25) is 4.90 Å². The largest absolute Gasteiger partial charge is 0.278 e. The monoisotopic (exact) mass is 784 g/mol. The fourth-order valence-electron chi connectivity index (χ4n) is 10.8. The van der Waals surface area contributed by atoms with Crippen molar-refractivity contribution >= 4 is 48.8 Å². The lowest BCUT2D eigenvalue weighted by molar-refractivity contribution is 0.632. The van der Waals surface area contributed by atoms with E-state index in [1.807, 2.05) is 17.4 Å². The van der Waals surface area contributed by atoms with E-state index in [9.17, 15) is 0 Å². The molecule has 0 amide bonds. The number of anilines is 3. The van der Waals surface area contributed by atoms with E-state index in [0.717, 1.165) is 22.5 Å². The summed E-state index contributed by atoms with van der Waals surface area (Å²) >= 11 is 1.84. The van der Waals surface area contributed by atoms with Crippen LogP contribution in [0, 0.1) is 0 Å². The number of hydrogen-bond donors (Lipinski definition) is 0. The third kappa shape index (κ3) is 4.32.